The molecule has 0 aliphatic rings. The van der Waals surface area contributed by atoms with E-state index in [1.807, 2.05) is 5.10 Å². The number of nitrogens with one attached hydrogen (secondary N) is 2. The molecular formula is C8H7N5O5S2. The molecule has 0 spiro atoms. The second-order valence-corrected chi connectivity index (χ2v) is 6.48. The Morgan fingerprint density at radius 2 is 2.15 bits per heavy atom. The summed E-state index contributed by atoms with van der Waals surface area (Å²) in [6, 6.07) is 3.09. The number of aromatic amines is 1. The topological polar surface area (TPSA) is 161 Å². The summed E-state index contributed by atoms with van der Waals surface area (Å²) in [6.45, 7) is 0. The number of nitrogens with zero attached hydrogens (tertiary/aromatic N) is 2. The minimum atomic E-state index is -4.06. The third-order valence-electron chi connectivity index (χ3n) is 2.10. The summed E-state index contributed by atoms with van der Waals surface area (Å²) in [5.41, 5.74) is 4.40. The molecule has 2 rings (SSSR count). The molecule has 4 N–H and O–H groups in total. The van der Waals surface area contributed by atoms with Crippen molar-refractivity contribution in [2.24, 2.45) is 0 Å². The van der Waals surface area contributed by atoms with Gasteiger partial charge in [-0.2, -0.15) is 5.10 Å². The van der Waals surface area contributed by atoms with E-state index in [1.165, 1.54) is 0 Å². The second-order valence-electron chi connectivity index (χ2n) is 3.48. The van der Waals surface area contributed by atoms with Crippen LogP contribution in [0.25, 0.3) is 0 Å². The fourth-order valence-electron chi connectivity index (χ4n) is 1.24. The molecule has 0 aliphatic heterocycles. The Balaban J connectivity index is 2.35. The van der Waals surface area contributed by atoms with Crippen molar-refractivity contribution >= 4 is 37.9 Å². The Labute approximate surface area is 115 Å². The summed E-state index contributed by atoms with van der Waals surface area (Å²) < 4.78 is 25.7. The molecule has 2 heterocycles. The molecule has 10 nitrogen and oxygen atoms in total. The van der Waals surface area contributed by atoms with Crippen LogP contribution in [0.5, 0.6) is 0 Å². The van der Waals surface area contributed by atoms with E-state index in [4.69, 9.17) is 5.73 Å². The molecule has 2 aromatic rings. The first-order chi connectivity index (χ1) is 9.29. The number of nitrogen functional groups attached to an aromatic ring is 1. The molecule has 106 valence electrons. The zero-order chi connectivity index (χ0) is 14.9. The van der Waals surface area contributed by atoms with Gasteiger partial charge in [0.05, 0.1) is 4.92 Å². The quantitative estimate of drug-likeness (QED) is 0.533. The van der Waals surface area contributed by atoms with Gasteiger partial charge in [0.15, 0.2) is 10.8 Å². The number of H-pyrrole nitrogens is 1. The monoisotopic (exact) mass is 317 g/mol. The van der Waals surface area contributed by atoms with Crippen molar-refractivity contribution in [1.29, 1.82) is 0 Å². The van der Waals surface area contributed by atoms with Crippen LogP contribution in [0.15, 0.2) is 27.2 Å². The van der Waals surface area contributed by atoms with Crippen molar-refractivity contribution < 1.29 is 13.3 Å². The maximum Gasteiger partial charge on any atom is 0.304 e. The van der Waals surface area contributed by atoms with Gasteiger partial charge in [0, 0.05) is 12.1 Å². The van der Waals surface area contributed by atoms with Crippen molar-refractivity contribution in [1.82, 2.24) is 10.2 Å². The lowest BCUT2D eigenvalue weighted by Gasteiger charge is -2.03. The van der Waals surface area contributed by atoms with Crippen LogP contribution in [0.2, 0.25) is 0 Å². The van der Waals surface area contributed by atoms with Crippen LogP contribution in [-0.4, -0.2) is 23.5 Å². The molecule has 0 bridgehead atoms. The SMILES string of the molecule is Nc1sc(S(=O)(=O)Nc2ccc(=O)[nH]n2)cc1[N+](=O)[O-]. The van der Waals surface area contributed by atoms with Gasteiger partial charge >= 0.3 is 5.69 Å². The molecule has 2 aromatic heterocycles. The fraction of sp³-hybridized carbons (Fsp3) is 0. The smallest absolute Gasteiger partial charge is 0.304 e. The van der Waals surface area contributed by atoms with Crippen molar-refractivity contribution in [3.63, 3.8) is 0 Å². The van der Waals surface area contributed by atoms with Crippen LogP contribution in [0, 0.1) is 10.1 Å². The standard InChI is InChI=1S/C8H7N5O5S2/c9-8-4(13(15)16)3-7(19-8)20(17,18)12-5-1-2-6(14)11-10-5/h1-3H,9H2,(H,10,12)(H,11,14). The van der Waals surface area contributed by atoms with Crippen LogP contribution < -0.4 is 16.0 Å². The summed E-state index contributed by atoms with van der Waals surface area (Å²) in [5, 5.41) is 15.9. The highest BCUT2D eigenvalue weighted by Gasteiger charge is 2.25. The van der Waals surface area contributed by atoms with Gasteiger partial charge in [0.1, 0.15) is 4.21 Å². The molecule has 0 aromatic carbocycles. The highest BCUT2D eigenvalue weighted by Crippen LogP contribution is 2.34. The number of aromatic nitrogens is 2. The number of sulfonamides is 1. The van der Waals surface area contributed by atoms with Crippen LogP contribution in [0.3, 0.4) is 0 Å². The highest BCUT2D eigenvalue weighted by atomic mass is 32.2. The minimum absolute atomic E-state index is 0.126. The van der Waals surface area contributed by atoms with E-state index in [1.54, 1.807) is 0 Å². The lowest BCUT2D eigenvalue weighted by Crippen LogP contribution is -2.15. The van der Waals surface area contributed by atoms with Gasteiger partial charge in [-0.05, 0) is 6.07 Å². The number of hydrogen-bond donors (Lipinski definition) is 3. The molecule has 0 unspecified atom stereocenters. The van der Waals surface area contributed by atoms with E-state index in [-0.39, 0.29) is 15.0 Å². The largest absolute Gasteiger partial charge is 0.385 e. The van der Waals surface area contributed by atoms with Crippen LogP contribution in [0.1, 0.15) is 0 Å². The predicted molar refractivity (Wildman–Crippen MR) is 71.1 cm³/mol. The first kappa shape index (κ1) is 14.0. The fourth-order valence-corrected chi connectivity index (χ4v) is 3.45. The second kappa shape index (κ2) is 4.90. The first-order valence-electron chi connectivity index (χ1n) is 4.92. The predicted octanol–water partition coefficient (Wildman–Crippen LogP) is 0.123. The lowest BCUT2D eigenvalue weighted by molar-refractivity contribution is -0.383. The molecule has 0 amide bonds. The summed E-state index contributed by atoms with van der Waals surface area (Å²) in [4.78, 5) is 20.6. The van der Waals surface area contributed by atoms with Crippen LogP contribution >= 0.6 is 11.3 Å². The van der Waals surface area contributed by atoms with E-state index in [0.29, 0.717) is 11.3 Å². The van der Waals surface area contributed by atoms with E-state index >= 15 is 0 Å². The number of rotatable bonds is 4. The third kappa shape index (κ3) is 2.75. The Kier molecular flexibility index (Phi) is 3.42. The van der Waals surface area contributed by atoms with Gasteiger partial charge in [0.2, 0.25) is 0 Å². The van der Waals surface area contributed by atoms with Gasteiger partial charge in [-0.25, -0.2) is 13.5 Å². The normalized spacial score (nSPS) is 11.2. The van der Waals surface area contributed by atoms with E-state index in [9.17, 15) is 23.3 Å². The van der Waals surface area contributed by atoms with Crippen molar-refractivity contribution in [3.05, 3.63) is 38.7 Å². The zero-order valence-electron chi connectivity index (χ0n) is 9.56. The van der Waals surface area contributed by atoms with E-state index < -0.39 is 26.2 Å². The maximum atomic E-state index is 12.0. The molecule has 0 atom stereocenters. The van der Waals surface area contributed by atoms with E-state index in [2.05, 4.69) is 9.82 Å². The summed E-state index contributed by atoms with van der Waals surface area (Å²) in [6.07, 6.45) is 0. The average Bonchev–Trinajstić information content (AvgIpc) is 2.75. The minimum Gasteiger partial charge on any atom is -0.385 e. The Morgan fingerprint density at radius 1 is 1.45 bits per heavy atom. The first-order valence-corrected chi connectivity index (χ1v) is 7.22. The molecule has 0 saturated heterocycles. The molecular weight excluding hydrogens is 310 g/mol. The molecule has 0 radical (unpaired) electrons. The highest BCUT2D eigenvalue weighted by molar-refractivity contribution is 7.94. The van der Waals surface area contributed by atoms with Gasteiger partial charge < -0.3 is 5.73 Å². The number of nitrogens with two attached hydrogens (primary N) is 1. The van der Waals surface area contributed by atoms with E-state index in [0.717, 1.165) is 18.2 Å². The summed E-state index contributed by atoms with van der Waals surface area (Å²) >= 11 is 0.558. The molecule has 12 heteroatoms. The van der Waals surface area contributed by atoms with Crippen molar-refractivity contribution in [2.75, 3.05) is 10.5 Å². The third-order valence-corrected chi connectivity index (χ3v) is 4.88. The molecule has 0 fully saturated rings. The van der Waals surface area contributed by atoms with Gasteiger partial charge in [0.25, 0.3) is 15.6 Å². The number of thiophene rings is 1. The average molecular weight is 317 g/mol. The van der Waals surface area contributed by atoms with Crippen LogP contribution in [0.4, 0.5) is 16.5 Å². The maximum absolute atomic E-state index is 12.0. The number of anilines is 2. The van der Waals surface area contributed by atoms with Gasteiger partial charge in [-0.3, -0.25) is 19.6 Å². The van der Waals surface area contributed by atoms with Crippen molar-refractivity contribution in [3.8, 4) is 0 Å². The summed E-state index contributed by atoms with van der Waals surface area (Å²) in [7, 11) is -4.06. The van der Waals surface area contributed by atoms with Crippen LogP contribution in [-0.2, 0) is 10.0 Å². The Morgan fingerprint density at radius 3 is 2.65 bits per heavy atom. The van der Waals surface area contributed by atoms with Gasteiger partial charge in [-0.15, -0.1) is 0 Å². The Hall–Kier alpha value is -2.47. The Bertz CT molecular complexity index is 804. The van der Waals surface area contributed by atoms with Crippen molar-refractivity contribution in [2.45, 2.75) is 4.21 Å². The van der Waals surface area contributed by atoms with Gasteiger partial charge in [-0.1, -0.05) is 11.3 Å². The zero-order valence-corrected chi connectivity index (χ0v) is 11.2. The molecule has 20 heavy (non-hydrogen) atoms. The molecule has 0 aliphatic carbocycles. The number of nitro groups is 1. The number of hydrogen-bond acceptors (Lipinski definition) is 8. The lowest BCUT2D eigenvalue weighted by atomic mass is 10.5. The molecule has 0 saturated carbocycles. The summed E-state index contributed by atoms with van der Waals surface area (Å²) in [5.74, 6) is -0.126.